The highest BCUT2D eigenvalue weighted by atomic mass is 16.4. The Morgan fingerprint density at radius 2 is 2.43 bits per heavy atom. The standard InChI is InChI=1S/C11H10N2O/c12-6-8-2-1-3-10-9(7-13-14)4-5-11(8)10/h1-3,7,9,14H,4-5H2. The van der Waals surface area contributed by atoms with Gasteiger partial charge < -0.3 is 5.21 Å². The third-order valence-corrected chi connectivity index (χ3v) is 2.68. The van der Waals surface area contributed by atoms with Gasteiger partial charge in [-0.2, -0.15) is 5.26 Å². The van der Waals surface area contributed by atoms with Crippen LogP contribution in [-0.4, -0.2) is 11.4 Å². The van der Waals surface area contributed by atoms with Crippen LogP contribution < -0.4 is 0 Å². The molecule has 3 heteroatoms. The quantitative estimate of drug-likeness (QED) is 0.414. The fraction of sp³-hybridized carbons (Fsp3) is 0.273. The van der Waals surface area contributed by atoms with Gasteiger partial charge in [-0.15, -0.1) is 5.16 Å². The molecule has 3 nitrogen and oxygen atoms in total. The molecular formula is C11H10N2O. The number of benzene rings is 1. The first-order valence-corrected chi connectivity index (χ1v) is 4.56. The number of fused-ring (bicyclic) bond motifs is 1. The lowest BCUT2D eigenvalue weighted by atomic mass is 10.00. The summed E-state index contributed by atoms with van der Waals surface area (Å²) in [7, 11) is 0. The predicted octanol–water partition coefficient (Wildman–Crippen LogP) is 2.05. The van der Waals surface area contributed by atoms with Crippen LogP contribution in [0.5, 0.6) is 0 Å². The Hall–Kier alpha value is -1.82. The minimum absolute atomic E-state index is 0.170. The molecule has 1 aliphatic carbocycles. The zero-order chi connectivity index (χ0) is 9.97. The van der Waals surface area contributed by atoms with Crippen LogP contribution in [0, 0.1) is 11.3 Å². The van der Waals surface area contributed by atoms with Gasteiger partial charge in [-0.1, -0.05) is 12.1 Å². The molecule has 0 aliphatic heterocycles. The van der Waals surface area contributed by atoms with Gasteiger partial charge in [0.1, 0.15) is 0 Å². The molecule has 0 amide bonds. The van der Waals surface area contributed by atoms with Crippen molar-refractivity contribution >= 4 is 6.21 Å². The molecule has 0 saturated carbocycles. The smallest absolute Gasteiger partial charge is 0.0994 e. The second kappa shape index (κ2) is 3.51. The summed E-state index contributed by atoms with van der Waals surface area (Å²) in [5.74, 6) is 0.170. The van der Waals surface area contributed by atoms with Crippen molar-refractivity contribution in [3.63, 3.8) is 0 Å². The Morgan fingerprint density at radius 3 is 3.14 bits per heavy atom. The van der Waals surface area contributed by atoms with E-state index in [0.29, 0.717) is 0 Å². The Labute approximate surface area is 82.3 Å². The molecular weight excluding hydrogens is 176 g/mol. The summed E-state index contributed by atoms with van der Waals surface area (Å²) < 4.78 is 0. The minimum atomic E-state index is 0.170. The van der Waals surface area contributed by atoms with E-state index in [1.54, 1.807) is 0 Å². The van der Waals surface area contributed by atoms with Crippen molar-refractivity contribution in [2.45, 2.75) is 18.8 Å². The summed E-state index contributed by atoms with van der Waals surface area (Å²) in [4.78, 5) is 0. The summed E-state index contributed by atoms with van der Waals surface area (Å²) in [5, 5.41) is 20.4. The molecule has 0 fully saturated rings. The van der Waals surface area contributed by atoms with Crippen LogP contribution in [0.1, 0.15) is 29.0 Å². The SMILES string of the molecule is N#Cc1cccc2c1CCC2C=NO. The van der Waals surface area contributed by atoms with Gasteiger partial charge in [0.15, 0.2) is 0 Å². The molecule has 0 heterocycles. The van der Waals surface area contributed by atoms with Crippen LogP contribution in [0.25, 0.3) is 0 Å². The molecule has 1 aliphatic rings. The van der Waals surface area contributed by atoms with Crippen molar-refractivity contribution in [3.8, 4) is 6.07 Å². The van der Waals surface area contributed by atoms with Crippen LogP contribution in [0.4, 0.5) is 0 Å². The number of oxime groups is 1. The molecule has 1 N–H and O–H groups in total. The average Bonchev–Trinajstić information content (AvgIpc) is 2.62. The third kappa shape index (κ3) is 1.25. The van der Waals surface area contributed by atoms with Crippen LogP contribution in [0.2, 0.25) is 0 Å². The number of nitriles is 1. The van der Waals surface area contributed by atoms with Crippen LogP contribution in [0.3, 0.4) is 0 Å². The largest absolute Gasteiger partial charge is 0.411 e. The van der Waals surface area contributed by atoms with E-state index < -0.39 is 0 Å². The van der Waals surface area contributed by atoms with Crippen LogP contribution in [0.15, 0.2) is 23.4 Å². The maximum absolute atomic E-state index is 8.88. The normalized spacial score (nSPS) is 19.5. The van der Waals surface area contributed by atoms with Crippen molar-refractivity contribution < 1.29 is 5.21 Å². The molecule has 0 spiro atoms. The highest BCUT2D eigenvalue weighted by molar-refractivity contribution is 5.70. The van der Waals surface area contributed by atoms with E-state index in [9.17, 15) is 0 Å². The predicted molar refractivity (Wildman–Crippen MR) is 52.5 cm³/mol. The van der Waals surface area contributed by atoms with Crippen LogP contribution >= 0.6 is 0 Å². The molecule has 0 bridgehead atoms. The summed E-state index contributed by atoms with van der Waals surface area (Å²) in [6.45, 7) is 0. The van der Waals surface area contributed by atoms with E-state index in [-0.39, 0.29) is 5.92 Å². The monoisotopic (exact) mass is 186 g/mol. The fourth-order valence-electron chi connectivity index (χ4n) is 2.03. The second-order valence-corrected chi connectivity index (χ2v) is 3.39. The van der Waals surface area contributed by atoms with E-state index in [1.165, 1.54) is 6.21 Å². The number of hydrogen-bond donors (Lipinski definition) is 1. The van der Waals surface area contributed by atoms with Gasteiger partial charge >= 0.3 is 0 Å². The number of hydrogen-bond acceptors (Lipinski definition) is 3. The first-order chi connectivity index (χ1) is 6.86. The fourth-order valence-corrected chi connectivity index (χ4v) is 2.03. The zero-order valence-electron chi connectivity index (χ0n) is 7.64. The van der Waals surface area contributed by atoms with Gasteiger partial charge in [-0.3, -0.25) is 0 Å². The third-order valence-electron chi connectivity index (χ3n) is 2.68. The summed E-state index contributed by atoms with van der Waals surface area (Å²) in [5.41, 5.74) is 2.98. The molecule has 2 rings (SSSR count). The molecule has 14 heavy (non-hydrogen) atoms. The van der Waals surface area contributed by atoms with Crippen LogP contribution in [-0.2, 0) is 6.42 Å². The first-order valence-electron chi connectivity index (χ1n) is 4.56. The van der Waals surface area contributed by atoms with E-state index in [1.807, 2.05) is 18.2 Å². The molecule has 1 unspecified atom stereocenters. The van der Waals surface area contributed by atoms with Gasteiger partial charge in [0.25, 0.3) is 0 Å². The van der Waals surface area contributed by atoms with E-state index >= 15 is 0 Å². The molecule has 0 radical (unpaired) electrons. The van der Waals surface area contributed by atoms with Gasteiger partial charge in [-0.05, 0) is 30.0 Å². The highest BCUT2D eigenvalue weighted by Gasteiger charge is 2.23. The van der Waals surface area contributed by atoms with Gasteiger partial charge in [-0.25, -0.2) is 0 Å². The zero-order valence-corrected chi connectivity index (χ0v) is 7.64. The lowest BCUT2D eigenvalue weighted by Gasteiger charge is -2.04. The maximum Gasteiger partial charge on any atom is 0.0994 e. The summed E-state index contributed by atoms with van der Waals surface area (Å²) in [6, 6.07) is 7.89. The Bertz CT molecular complexity index is 418. The van der Waals surface area contributed by atoms with E-state index in [4.69, 9.17) is 10.5 Å². The van der Waals surface area contributed by atoms with Gasteiger partial charge in [0, 0.05) is 5.92 Å². The van der Waals surface area contributed by atoms with Gasteiger partial charge in [0.2, 0.25) is 0 Å². The second-order valence-electron chi connectivity index (χ2n) is 3.39. The van der Waals surface area contributed by atoms with Crippen molar-refractivity contribution in [3.05, 3.63) is 34.9 Å². The number of rotatable bonds is 1. The Balaban J connectivity index is 2.47. The van der Waals surface area contributed by atoms with E-state index in [2.05, 4.69) is 11.2 Å². The molecule has 70 valence electrons. The maximum atomic E-state index is 8.88. The van der Waals surface area contributed by atoms with Crippen molar-refractivity contribution in [2.75, 3.05) is 0 Å². The molecule has 1 aromatic carbocycles. The topological polar surface area (TPSA) is 56.4 Å². The van der Waals surface area contributed by atoms with Crippen molar-refractivity contribution in [2.24, 2.45) is 5.16 Å². The van der Waals surface area contributed by atoms with Crippen molar-refractivity contribution in [1.29, 1.82) is 5.26 Å². The van der Waals surface area contributed by atoms with E-state index in [0.717, 1.165) is 29.5 Å². The molecule has 0 saturated heterocycles. The summed E-state index contributed by atoms with van der Waals surface area (Å²) in [6.07, 6.45) is 3.36. The lowest BCUT2D eigenvalue weighted by Crippen LogP contribution is -1.94. The Kier molecular flexibility index (Phi) is 2.19. The summed E-state index contributed by atoms with van der Waals surface area (Å²) >= 11 is 0. The average molecular weight is 186 g/mol. The molecule has 0 aromatic heterocycles. The number of nitrogens with zero attached hydrogens (tertiary/aromatic N) is 2. The van der Waals surface area contributed by atoms with Crippen molar-refractivity contribution in [1.82, 2.24) is 0 Å². The Morgan fingerprint density at radius 1 is 1.57 bits per heavy atom. The van der Waals surface area contributed by atoms with Gasteiger partial charge in [0.05, 0.1) is 17.8 Å². The lowest BCUT2D eigenvalue weighted by molar-refractivity contribution is 0.319. The minimum Gasteiger partial charge on any atom is -0.411 e. The molecule has 1 aromatic rings. The molecule has 1 atom stereocenters. The first kappa shape index (κ1) is 8.76. The highest BCUT2D eigenvalue weighted by Crippen LogP contribution is 2.33.